The van der Waals surface area contributed by atoms with Gasteiger partial charge in [-0.05, 0) is 61.9 Å². The van der Waals surface area contributed by atoms with E-state index in [9.17, 15) is 83.1 Å². The normalized spacial score (nSPS) is 13.7. The second-order valence-corrected chi connectivity index (χ2v) is 30.4. The van der Waals surface area contributed by atoms with Gasteiger partial charge < -0.3 is 42.9 Å². The molecule has 0 saturated heterocycles. The summed E-state index contributed by atoms with van der Waals surface area (Å²) in [4.78, 5) is 130. The van der Waals surface area contributed by atoms with Gasteiger partial charge in [0, 0.05) is 52.9 Å². The van der Waals surface area contributed by atoms with Crippen LogP contribution >= 0.6 is 35.3 Å². The molecule has 10 N–H and O–H groups in total. The Morgan fingerprint density at radius 1 is 0.526 bits per heavy atom. The number of aryl methyl sites for hydroxylation is 3. The molecule has 518 valence electrons. The highest BCUT2D eigenvalue weighted by Crippen LogP contribution is 2.29. The van der Waals surface area contributed by atoms with Crippen LogP contribution in [0.2, 0.25) is 0 Å². The molecule has 4 unspecified atom stereocenters. The maximum absolute atomic E-state index is 13.1. The first-order valence-corrected chi connectivity index (χ1v) is 36.2. The van der Waals surface area contributed by atoms with Gasteiger partial charge in [-0.25, -0.2) is 44.4 Å². The van der Waals surface area contributed by atoms with E-state index in [0.29, 0.717) is 0 Å². The van der Waals surface area contributed by atoms with E-state index in [1.807, 2.05) is 0 Å². The molecule has 40 heteroatoms. The average Bonchev–Trinajstić information content (AvgIpc) is 1.81. The molecule has 6 rings (SSSR count). The summed E-state index contributed by atoms with van der Waals surface area (Å²) < 4.78 is 83.8. The first-order valence-electron chi connectivity index (χ1n) is 28.1. The largest absolute Gasteiger partial charge is 0.480 e. The molecule has 34 nitrogen and oxygen atoms in total. The highest BCUT2D eigenvalue weighted by Gasteiger charge is 2.32. The van der Waals surface area contributed by atoms with Crippen LogP contribution < -0.4 is 49.8 Å². The number of primary amides is 1. The number of aliphatic carboxylic acids is 2. The second-order valence-electron chi connectivity index (χ2n) is 20.6. The van der Waals surface area contributed by atoms with Gasteiger partial charge >= 0.3 is 29.0 Å². The zero-order valence-corrected chi connectivity index (χ0v) is 56.9. The van der Waals surface area contributed by atoms with E-state index in [4.69, 9.17) is 16.6 Å². The summed E-state index contributed by atoms with van der Waals surface area (Å²) in [6.45, 7) is 3.02. The number of nitrogens with two attached hydrogens (primary N) is 2. The lowest BCUT2D eigenvalue weighted by Gasteiger charge is -2.22. The van der Waals surface area contributed by atoms with Crippen molar-refractivity contribution in [1.29, 1.82) is 0 Å². The van der Waals surface area contributed by atoms with Crippen LogP contribution in [0, 0.1) is 0 Å². The number of ketones is 1. The lowest BCUT2D eigenvalue weighted by molar-refractivity contribution is -0.141. The number of hydrogen-bond donors (Lipinski definition) is 8. The summed E-state index contributed by atoms with van der Waals surface area (Å²) in [7, 11) is -6.93. The van der Waals surface area contributed by atoms with E-state index < -0.39 is 152 Å². The topological polar surface area (TPSA) is 499 Å². The average molecular weight is 1440 g/mol. The number of carboxylic acids is 2. The minimum Gasteiger partial charge on any atom is -0.480 e. The minimum atomic E-state index is -3.90. The second kappa shape index (κ2) is 36.8. The molecule has 5 amide bonds. The first kappa shape index (κ1) is 78.7. The van der Waals surface area contributed by atoms with Crippen molar-refractivity contribution in [3.8, 4) is 0 Å². The number of amides is 5. The lowest BCUT2D eigenvalue weighted by Crippen LogP contribution is -2.49. The van der Waals surface area contributed by atoms with Crippen molar-refractivity contribution >= 4 is 112 Å². The van der Waals surface area contributed by atoms with Crippen LogP contribution in [-0.2, 0) is 89.0 Å². The molecule has 0 aliphatic carbocycles. The Morgan fingerprint density at radius 3 is 1.20 bits per heavy atom. The van der Waals surface area contributed by atoms with Gasteiger partial charge in [0.2, 0.25) is 29.5 Å². The number of aromatic nitrogens is 9. The van der Waals surface area contributed by atoms with E-state index in [-0.39, 0.29) is 57.0 Å². The number of thioether (sulfide) groups is 3. The monoisotopic (exact) mass is 1440 g/mol. The number of benzene rings is 3. The number of nitrogens with one attached hydrogen (secondary N) is 4. The van der Waals surface area contributed by atoms with Gasteiger partial charge in [0.15, 0.2) is 29.5 Å². The van der Waals surface area contributed by atoms with Gasteiger partial charge in [-0.15, -0.1) is 35.3 Å². The van der Waals surface area contributed by atoms with Crippen molar-refractivity contribution in [2.75, 3.05) is 41.1 Å². The van der Waals surface area contributed by atoms with Crippen molar-refractivity contribution in [2.24, 2.45) is 32.6 Å². The van der Waals surface area contributed by atoms with Gasteiger partial charge in [0.05, 0.1) is 38.0 Å². The number of carbonyl (C=O) groups is 8. The predicted molar refractivity (Wildman–Crippen MR) is 349 cm³/mol. The fourth-order valence-corrected chi connectivity index (χ4v) is 17.4. The Morgan fingerprint density at radius 2 is 0.884 bits per heavy atom. The van der Waals surface area contributed by atoms with Crippen LogP contribution in [0.25, 0.3) is 0 Å². The molecule has 0 fully saturated rings. The molecular formula is C55H73N15O19S6. The number of hydrogen-bond acceptors (Lipinski definition) is 24. The Bertz CT molecular complexity index is 4160. The van der Waals surface area contributed by atoms with Crippen molar-refractivity contribution in [2.45, 2.75) is 95.0 Å². The third-order valence-electron chi connectivity index (χ3n) is 13.0. The predicted octanol–water partition coefficient (Wildman–Crippen LogP) is -1.79. The SMILES string of the molecule is CC(=O)NC(CCSC(CS(=O)(=O)c1ccccc1)n1ncn(C)c1=O)C(=O)O.CC(=O)N[C@@H](CSC(CS(=O)(=O)c1ccccc1)n1ncn(C)c1=O)C(N)=O.CC(=O)[C@@H](N)CCC(=O)N[C@@H](CSC(CS(=O)(=O)c1ccccc1)n1ncn(C)c1=O)C(=O)NCC(=O)O. The standard InChI is InChI=1S/C22H30N6O8S2.C17H22N4O6S2.C16H21N5O5S2/c1-14(29)16(23)8-9-18(30)26-17(21(33)24-10-20(31)32)11-37-19(28-22(34)27(2)13-25-28)12-38(35,36)15-6-4-3-5-7-15;1-12(22)19-14(16(23)24)8-9-28-15(21-17(25)20(2)11-18-21)10-29(26,27)13-6-4-3-5-7-13;1-11(22)19-13(15(17)23)8-27-14(21-16(24)20(2)10-18-21)9-28(25,26)12-6-4-3-5-7-12/h3-7,13,16-17,19H,8-12,23H2,1-2H3,(H,24,33)(H,26,30)(H,31,32);3-7,11,14-15H,8-10H2,1-2H3,(H,19,22)(H,23,24);3-7,10,13-14H,8-9H2,1-2H3,(H2,17,23)(H,19,22)/t16-,17-,19?;;13-,14?/m0.0/s1. The zero-order valence-electron chi connectivity index (χ0n) is 52.0. The molecule has 3 aromatic carbocycles. The van der Waals surface area contributed by atoms with Gasteiger partial charge in [-0.1, -0.05) is 54.6 Å². The molecule has 0 saturated carbocycles. The number of carbonyl (C=O) groups excluding carboxylic acids is 6. The Balaban J connectivity index is 0.000000308. The highest BCUT2D eigenvalue weighted by molar-refractivity contribution is 8.01. The number of Topliss-reactive ketones (excluding diaryl/α,β-unsaturated/α-hetero) is 1. The molecule has 0 radical (unpaired) electrons. The molecular weight excluding hydrogens is 1370 g/mol. The summed E-state index contributed by atoms with van der Waals surface area (Å²) in [5.74, 6) is -7.39. The lowest BCUT2D eigenvalue weighted by atomic mass is 10.1. The minimum absolute atomic E-state index is 0.0209. The smallest absolute Gasteiger partial charge is 0.346 e. The van der Waals surface area contributed by atoms with Crippen molar-refractivity contribution in [3.63, 3.8) is 0 Å². The van der Waals surface area contributed by atoms with Crippen LogP contribution in [0.5, 0.6) is 0 Å². The van der Waals surface area contributed by atoms with E-state index in [2.05, 4.69) is 36.6 Å². The van der Waals surface area contributed by atoms with Gasteiger partial charge in [0.25, 0.3) is 0 Å². The molecule has 95 heavy (non-hydrogen) atoms. The molecule has 3 aromatic heterocycles. The first-order chi connectivity index (χ1) is 44.5. The van der Waals surface area contributed by atoms with E-state index in [0.717, 1.165) is 53.9 Å². The molecule has 0 bridgehead atoms. The molecule has 0 aliphatic heterocycles. The number of nitrogens with zero attached hydrogens (tertiary/aromatic N) is 9. The molecule has 0 aliphatic rings. The molecule has 7 atom stereocenters. The highest BCUT2D eigenvalue weighted by atomic mass is 32.2. The fourth-order valence-electron chi connectivity index (χ4n) is 7.98. The van der Waals surface area contributed by atoms with Crippen LogP contribution in [-0.4, -0.2) is 191 Å². The number of rotatable bonds is 34. The number of carboxylic acid groups (broad SMARTS) is 2. The zero-order chi connectivity index (χ0) is 71.0. The third-order valence-corrected chi connectivity index (χ3v) is 22.7. The number of sulfone groups is 3. The molecule has 3 heterocycles. The quantitative estimate of drug-likeness (QED) is 0.0221. The van der Waals surface area contributed by atoms with E-state index >= 15 is 0 Å². The van der Waals surface area contributed by atoms with Gasteiger partial charge in [0.1, 0.15) is 65.6 Å². The van der Waals surface area contributed by atoms with E-state index in [1.165, 1.54) is 106 Å². The maximum Gasteiger partial charge on any atom is 0.346 e. The maximum atomic E-state index is 13.1. The molecule has 6 aromatic rings. The van der Waals surface area contributed by atoms with Crippen molar-refractivity contribution < 1.29 is 73.8 Å². The van der Waals surface area contributed by atoms with Crippen LogP contribution in [0.1, 0.15) is 56.2 Å². The van der Waals surface area contributed by atoms with Crippen molar-refractivity contribution in [3.05, 3.63) is 141 Å². The van der Waals surface area contributed by atoms with Gasteiger partial charge in [-0.2, -0.15) is 29.3 Å². The summed E-state index contributed by atoms with van der Waals surface area (Å²) in [5, 5.41) is 36.5. The van der Waals surface area contributed by atoms with Crippen LogP contribution in [0.3, 0.4) is 0 Å². The summed E-state index contributed by atoms with van der Waals surface area (Å²) in [6, 6.07) is 19.0. The third kappa shape index (κ3) is 25.2. The van der Waals surface area contributed by atoms with Gasteiger partial charge in [-0.3, -0.25) is 47.3 Å². The summed E-state index contributed by atoms with van der Waals surface area (Å²) in [6.07, 6.45) is 3.66. The molecule has 0 spiro atoms. The van der Waals surface area contributed by atoms with Crippen LogP contribution in [0.15, 0.2) is 139 Å². The fraction of sp³-hybridized carbons (Fsp3) is 0.418. The summed E-state index contributed by atoms with van der Waals surface area (Å²) in [5.41, 5.74) is 9.35. The Hall–Kier alpha value is -8.70. The van der Waals surface area contributed by atoms with Crippen molar-refractivity contribution in [1.82, 2.24) is 64.3 Å². The Kier molecular flexibility index (Phi) is 30.5. The van der Waals surface area contributed by atoms with Crippen LogP contribution in [0.4, 0.5) is 0 Å². The summed E-state index contributed by atoms with van der Waals surface area (Å²) >= 11 is 2.96. The Labute approximate surface area is 557 Å². The van der Waals surface area contributed by atoms with E-state index in [1.54, 1.807) is 54.6 Å².